The minimum atomic E-state index is -0.330. The topological polar surface area (TPSA) is 23.5 Å². The average molecular weight is 205 g/mol. The van der Waals surface area contributed by atoms with E-state index in [2.05, 4.69) is 30.0 Å². The summed E-state index contributed by atoms with van der Waals surface area (Å²) in [6.07, 6.45) is 1.84. The lowest BCUT2D eigenvalue weighted by Gasteiger charge is -2.31. The molecule has 0 amide bonds. The van der Waals surface area contributed by atoms with Gasteiger partial charge in [-0.25, -0.2) is 0 Å². The van der Waals surface area contributed by atoms with E-state index >= 15 is 0 Å². The Kier molecular flexibility index (Phi) is 3.08. The molecule has 0 radical (unpaired) electrons. The number of aliphatic hydroxyl groups excluding tert-OH is 1. The quantitative estimate of drug-likeness (QED) is 0.797. The molecule has 0 fully saturated rings. The standard InChI is InChI=1S/C13H19NO/c1-3-11-4-5-13-9-14(10(2)15)7-6-12(13)8-11/h4-5,8,10,15H,3,6-7,9H2,1-2H3. The van der Waals surface area contributed by atoms with Gasteiger partial charge >= 0.3 is 0 Å². The number of aliphatic hydroxyl groups is 1. The fourth-order valence-corrected chi connectivity index (χ4v) is 2.17. The zero-order chi connectivity index (χ0) is 10.8. The number of fused-ring (bicyclic) bond motifs is 1. The smallest absolute Gasteiger partial charge is 0.104 e. The molecular weight excluding hydrogens is 186 g/mol. The maximum atomic E-state index is 9.53. The molecule has 0 saturated heterocycles. The van der Waals surface area contributed by atoms with Gasteiger partial charge in [-0.2, -0.15) is 0 Å². The molecule has 0 bridgehead atoms. The van der Waals surface area contributed by atoms with Crippen LogP contribution in [0.3, 0.4) is 0 Å². The molecule has 1 aliphatic heterocycles. The first-order chi connectivity index (χ1) is 7.20. The predicted molar refractivity (Wildman–Crippen MR) is 61.6 cm³/mol. The summed E-state index contributed by atoms with van der Waals surface area (Å²) in [7, 11) is 0. The SMILES string of the molecule is CCc1ccc2c(c1)CCN(C(C)O)C2. The van der Waals surface area contributed by atoms with E-state index in [9.17, 15) is 5.11 Å². The first-order valence-electron chi connectivity index (χ1n) is 5.73. The van der Waals surface area contributed by atoms with Crippen LogP contribution in [0.2, 0.25) is 0 Å². The van der Waals surface area contributed by atoms with E-state index in [4.69, 9.17) is 0 Å². The third kappa shape index (κ3) is 2.21. The van der Waals surface area contributed by atoms with Gasteiger partial charge in [-0.15, -0.1) is 0 Å². The molecule has 82 valence electrons. The molecule has 0 aromatic heterocycles. The highest BCUT2D eigenvalue weighted by Crippen LogP contribution is 2.21. The first kappa shape index (κ1) is 10.7. The van der Waals surface area contributed by atoms with E-state index in [1.807, 2.05) is 6.92 Å². The summed E-state index contributed by atoms with van der Waals surface area (Å²) >= 11 is 0. The van der Waals surface area contributed by atoms with Gasteiger partial charge < -0.3 is 5.11 Å². The van der Waals surface area contributed by atoms with Crippen LogP contribution in [0.15, 0.2) is 18.2 Å². The van der Waals surface area contributed by atoms with Crippen molar-refractivity contribution in [2.24, 2.45) is 0 Å². The molecule has 1 N–H and O–H groups in total. The second-order valence-corrected chi connectivity index (χ2v) is 4.31. The molecule has 2 nitrogen and oxygen atoms in total. The van der Waals surface area contributed by atoms with Crippen LogP contribution in [0.25, 0.3) is 0 Å². The molecule has 2 heteroatoms. The number of rotatable bonds is 2. The largest absolute Gasteiger partial charge is 0.379 e. The van der Waals surface area contributed by atoms with Crippen molar-refractivity contribution >= 4 is 0 Å². The van der Waals surface area contributed by atoms with E-state index in [0.29, 0.717) is 0 Å². The van der Waals surface area contributed by atoms with Gasteiger partial charge in [0.1, 0.15) is 6.23 Å². The lowest BCUT2D eigenvalue weighted by molar-refractivity contribution is 0.00917. The van der Waals surface area contributed by atoms with Gasteiger partial charge in [0.25, 0.3) is 0 Å². The Morgan fingerprint density at radius 3 is 2.87 bits per heavy atom. The molecule has 1 heterocycles. The van der Waals surface area contributed by atoms with Crippen LogP contribution in [0.1, 0.15) is 30.5 Å². The Bertz CT molecular complexity index is 346. The first-order valence-corrected chi connectivity index (χ1v) is 5.73. The molecule has 0 aliphatic carbocycles. The zero-order valence-corrected chi connectivity index (χ0v) is 9.53. The number of hydrogen-bond acceptors (Lipinski definition) is 2. The Labute approximate surface area is 91.5 Å². The molecular formula is C13H19NO. The Balaban J connectivity index is 2.21. The van der Waals surface area contributed by atoms with E-state index in [1.54, 1.807) is 0 Å². The predicted octanol–water partition coefficient (Wildman–Crippen LogP) is 1.95. The Hall–Kier alpha value is -0.860. The van der Waals surface area contributed by atoms with E-state index in [0.717, 1.165) is 25.9 Å². The molecule has 1 unspecified atom stereocenters. The van der Waals surface area contributed by atoms with Crippen molar-refractivity contribution < 1.29 is 5.11 Å². The van der Waals surface area contributed by atoms with Crippen molar-refractivity contribution in [3.05, 3.63) is 34.9 Å². The zero-order valence-electron chi connectivity index (χ0n) is 9.53. The summed E-state index contributed by atoms with van der Waals surface area (Å²) in [5.74, 6) is 0. The molecule has 2 rings (SSSR count). The van der Waals surface area contributed by atoms with Crippen LogP contribution >= 0.6 is 0 Å². The molecule has 1 aromatic carbocycles. The maximum Gasteiger partial charge on any atom is 0.104 e. The number of benzene rings is 1. The van der Waals surface area contributed by atoms with E-state index < -0.39 is 0 Å². The molecule has 0 saturated carbocycles. The van der Waals surface area contributed by atoms with Crippen LogP contribution in [0.5, 0.6) is 0 Å². The van der Waals surface area contributed by atoms with Crippen LogP contribution in [-0.2, 0) is 19.4 Å². The maximum absolute atomic E-state index is 9.53. The summed E-state index contributed by atoms with van der Waals surface area (Å²) in [5.41, 5.74) is 4.25. The second kappa shape index (κ2) is 4.33. The molecule has 0 spiro atoms. The second-order valence-electron chi connectivity index (χ2n) is 4.31. The highest BCUT2D eigenvalue weighted by atomic mass is 16.3. The van der Waals surface area contributed by atoms with Gasteiger partial charge in [-0.1, -0.05) is 25.1 Å². The molecule has 15 heavy (non-hydrogen) atoms. The van der Waals surface area contributed by atoms with Crippen LogP contribution in [0, 0.1) is 0 Å². The highest BCUT2D eigenvalue weighted by molar-refractivity contribution is 5.33. The van der Waals surface area contributed by atoms with Gasteiger partial charge in [-0.05, 0) is 36.5 Å². The van der Waals surface area contributed by atoms with E-state index in [-0.39, 0.29) is 6.23 Å². The van der Waals surface area contributed by atoms with Crippen molar-refractivity contribution in [3.63, 3.8) is 0 Å². The third-order valence-electron chi connectivity index (χ3n) is 3.25. The summed E-state index contributed by atoms with van der Waals surface area (Å²) in [6, 6.07) is 6.72. The monoisotopic (exact) mass is 205 g/mol. The van der Waals surface area contributed by atoms with Crippen molar-refractivity contribution in [2.75, 3.05) is 6.54 Å². The van der Waals surface area contributed by atoms with Gasteiger partial charge in [0, 0.05) is 13.1 Å². The lowest BCUT2D eigenvalue weighted by Crippen LogP contribution is -2.37. The third-order valence-corrected chi connectivity index (χ3v) is 3.25. The summed E-state index contributed by atoms with van der Waals surface area (Å²) in [5, 5.41) is 9.53. The van der Waals surface area contributed by atoms with Crippen molar-refractivity contribution in [3.8, 4) is 0 Å². The fourth-order valence-electron chi connectivity index (χ4n) is 2.17. The molecule has 1 aliphatic rings. The van der Waals surface area contributed by atoms with Gasteiger partial charge in [0.05, 0.1) is 0 Å². The van der Waals surface area contributed by atoms with Gasteiger partial charge in [0.2, 0.25) is 0 Å². The number of aryl methyl sites for hydroxylation is 1. The minimum Gasteiger partial charge on any atom is -0.379 e. The number of hydrogen-bond donors (Lipinski definition) is 1. The molecule has 1 atom stereocenters. The Morgan fingerprint density at radius 2 is 2.20 bits per heavy atom. The minimum absolute atomic E-state index is 0.330. The van der Waals surface area contributed by atoms with Crippen molar-refractivity contribution in [1.82, 2.24) is 4.90 Å². The van der Waals surface area contributed by atoms with Crippen molar-refractivity contribution in [1.29, 1.82) is 0 Å². The summed E-state index contributed by atoms with van der Waals surface area (Å²) in [6.45, 7) is 5.88. The van der Waals surface area contributed by atoms with Crippen LogP contribution in [0.4, 0.5) is 0 Å². The summed E-state index contributed by atoms with van der Waals surface area (Å²) in [4.78, 5) is 2.11. The average Bonchev–Trinajstić information content (AvgIpc) is 2.27. The lowest BCUT2D eigenvalue weighted by atomic mass is 9.96. The summed E-state index contributed by atoms with van der Waals surface area (Å²) < 4.78 is 0. The normalized spacial score (nSPS) is 18.6. The fraction of sp³-hybridized carbons (Fsp3) is 0.538. The number of nitrogens with zero attached hydrogens (tertiary/aromatic N) is 1. The van der Waals surface area contributed by atoms with Gasteiger partial charge in [-0.3, -0.25) is 4.90 Å². The molecule has 1 aromatic rings. The van der Waals surface area contributed by atoms with Crippen LogP contribution in [-0.4, -0.2) is 22.8 Å². The van der Waals surface area contributed by atoms with Crippen molar-refractivity contribution in [2.45, 2.75) is 39.5 Å². The van der Waals surface area contributed by atoms with Gasteiger partial charge in [0.15, 0.2) is 0 Å². The van der Waals surface area contributed by atoms with E-state index in [1.165, 1.54) is 16.7 Å². The highest BCUT2D eigenvalue weighted by Gasteiger charge is 2.18. The van der Waals surface area contributed by atoms with Crippen LogP contribution < -0.4 is 0 Å². The Morgan fingerprint density at radius 1 is 1.40 bits per heavy atom.